The van der Waals surface area contributed by atoms with Crippen LogP contribution in [0.2, 0.25) is 0 Å². The van der Waals surface area contributed by atoms with Crippen LogP contribution in [0.25, 0.3) is 0 Å². The average Bonchev–Trinajstić information content (AvgIpc) is 2.63. The van der Waals surface area contributed by atoms with Crippen LogP contribution < -0.4 is 5.32 Å². The summed E-state index contributed by atoms with van der Waals surface area (Å²) in [5, 5.41) is 3.60. The van der Waals surface area contributed by atoms with E-state index < -0.39 is 0 Å². The van der Waals surface area contributed by atoms with Gasteiger partial charge < -0.3 is 15.0 Å². The smallest absolute Gasteiger partial charge is 0.248 e. The third-order valence-electron chi connectivity index (χ3n) is 4.02. The molecular weight excluding hydrogens is 228 g/mol. The average molecular weight is 254 g/mol. The van der Waals surface area contributed by atoms with Gasteiger partial charge in [-0.25, -0.2) is 0 Å². The summed E-state index contributed by atoms with van der Waals surface area (Å²) < 4.78 is 5.57. The Bertz CT molecular complexity index is 299. The van der Waals surface area contributed by atoms with E-state index in [1.54, 1.807) is 0 Å². The second-order valence-electron chi connectivity index (χ2n) is 6.67. The van der Waals surface area contributed by atoms with E-state index in [2.05, 4.69) is 5.32 Å². The molecule has 2 unspecified atom stereocenters. The normalized spacial score (nSPS) is 31.4. The fraction of sp³-hybridized carbons (Fsp3) is 0.929. The summed E-state index contributed by atoms with van der Waals surface area (Å²) in [7, 11) is 1.92. The molecule has 2 rings (SSSR count). The van der Waals surface area contributed by atoms with Crippen LogP contribution in [0.1, 0.15) is 46.5 Å². The first-order valence-corrected chi connectivity index (χ1v) is 7.01. The summed E-state index contributed by atoms with van der Waals surface area (Å²) in [6.07, 6.45) is 4.71. The summed E-state index contributed by atoms with van der Waals surface area (Å²) in [5.41, 5.74) is -0.246. The molecular formula is C14H26N2O2. The van der Waals surface area contributed by atoms with E-state index in [4.69, 9.17) is 4.74 Å². The Kier molecular flexibility index (Phi) is 3.97. The van der Waals surface area contributed by atoms with Crippen molar-refractivity contribution in [1.29, 1.82) is 0 Å². The molecule has 1 amide bonds. The second kappa shape index (κ2) is 5.17. The summed E-state index contributed by atoms with van der Waals surface area (Å²) >= 11 is 0. The monoisotopic (exact) mass is 254 g/mol. The molecule has 18 heavy (non-hydrogen) atoms. The molecule has 2 fully saturated rings. The zero-order valence-electron chi connectivity index (χ0n) is 12.0. The van der Waals surface area contributed by atoms with Crippen LogP contribution >= 0.6 is 0 Å². The van der Waals surface area contributed by atoms with Gasteiger partial charge in [-0.3, -0.25) is 4.79 Å². The van der Waals surface area contributed by atoms with Crippen molar-refractivity contribution in [3.05, 3.63) is 0 Å². The van der Waals surface area contributed by atoms with Crippen LogP contribution in [0, 0.1) is 0 Å². The first kappa shape index (κ1) is 13.8. The van der Waals surface area contributed by atoms with Crippen molar-refractivity contribution in [2.45, 2.75) is 70.2 Å². The van der Waals surface area contributed by atoms with Gasteiger partial charge in [0.2, 0.25) is 5.91 Å². The molecule has 0 aliphatic carbocycles. The van der Waals surface area contributed by atoms with Crippen LogP contribution in [0.4, 0.5) is 0 Å². The number of carbonyl (C=O) groups is 1. The van der Waals surface area contributed by atoms with Gasteiger partial charge in [-0.05, 0) is 46.5 Å². The predicted molar refractivity (Wildman–Crippen MR) is 71.4 cm³/mol. The van der Waals surface area contributed by atoms with Crippen molar-refractivity contribution in [3.63, 3.8) is 0 Å². The van der Waals surface area contributed by atoms with E-state index >= 15 is 0 Å². The Hall–Kier alpha value is -0.610. The number of amides is 1. The third kappa shape index (κ3) is 3.45. The molecule has 2 heterocycles. The van der Waals surface area contributed by atoms with Crippen LogP contribution in [0.15, 0.2) is 0 Å². The van der Waals surface area contributed by atoms with E-state index in [0.29, 0.717) is 18.1 Å². The Balaban J connectivity index is 1.83. The lowest BCUT2D eigenvalue weighted by molar-refractivity contribution is -0.142. The van der Waals surface area contributed by atoms with E-state index in [-0.39, 0.29) is 18.1 Å². The van der Waals surface area contributed by atoms with Crippen molar-refractivity contribution in [1.82, 2.24) is 10.2 Å². The number of nitrogens with one attached hydrogen (secondary N) is 1. The fourth-order valence-corrected chi connectivity index (χ4v) is 2.93. The molecule has 0 aromatic rings. The molecule has 0 aromatic heterocycles. The number of hydrogen-bond acceptors (Lipinski definition) is 3. The van der Waals surface area contributed by atoms with Crippen molar-refractivity contribution >= 4 is 5.91 Å². The molecule has 2 saturated heterocycles. The number of fused-ring (bicyclic) bond motifs is 2. The highest BCUT2D eigenvalue weighted by Gasteiger charge is 2.36. The maximum absolute atomic E-state index is 12.1. The molecule has 2 atom stereocenters. The Morgan fingerprint density at radius 2 is 1.83 bits per heavy atom. The summed E-state index contributed by atoms with van der Waals surface area (Å²) in [5.74, 6) is 0.108. The SMILES string of the molecule is CN(C(=O)COC(C)(C)C)C1CC2CCC(C1)N2. The molecule has 2 bridgehead atoms. The topological polar surface area (TPSA) is 41.6 Å². The number of nitrogens with zero attached hydrogens (tertiary/aromatic N) is 1. The molecule has 0 saturated carbocycles. The highest BCUT2D eigenvalue weighted by Crippen LogP contribution is 2.29. The Morgan fingerprint density at radius 1 is 1.28 bits per heavy atom. The minimum Gasteiger partial charge on any atom is -0.366 e. The number of carbonyl (C=O) groups excluding carboxylic acids is 1. The molecule has 2 aliphatic rings. The van der Waals surface area contributed by atoms with Crippen LogP contribution in [-0.2, 0) is 9.53 Å². The van der Waals surface area contributed by atoms with E-state index in [0.717, 1.165) is 12.8 Å². The minimum absolute atomic E-state index is 0.108. The maximum Gasteiger partial charge on any atom is 0.248 e. The number of rotatable bonds is 3. The highest BCUT2D eigenvalue weighted by molar-refractivity contribution is 5.77. The van der Waals surface area contributed by atoms with E-state index in [1.807, 2.05) is 32.7 Å². The Labute approximate surface area is 110 Å². The standard InChI is InChI=1S/C14H26N2O2/c1-14(2,3)18-9-13(17)16(4)12-7-10-5-6-11(8-12)15-10/h10-12,15H,5-9H2,1-4H3. The third-order valence-corrected chi connectivity index (χ3v) is 4.02. The van der Waals surface area contributed by atoms with Crippen molar-refractivity contribution in [2.75, 3.05) is 13.7 Å². The summed E-state index contributed by atoms with van der Waals surface area (Å²) in [4.78, 5) is 14.0. The maximum atomic E-state index is 12.1. The number of ether oxygens (including phenoxy) is 1. The second-order valence-corrected chi connectivity index (χ2v) is 6.67. The van der Waals surface area contributed by atoms with Gasteiger partial charge in [-0.1, -0.05) is 0 Å². The number of likely N-dealkylation sites (N-methyl/N-ethyl adjacent to an activating group) is 1. The lowest BCUT2D eigenvalue weighted by Gasteiger charge is -2.36. The quantitative estimate of drug-likeness (QED) is 0.830. The molecule has 2 aliphatic heterocycles. The molecule has 104 valence electrons. The molecule has 4 heteroatoms. The van der Waals surface area contributed by atoms with Gasteiger partial charge in [0.05, 0.1) is 5.60 Å². The van der Waals surface area contributed by atoms with Crippen molar-refractivity contribution < 1.29 is 9.53 Å². The molecule has 0 aromatic carbocycles. The minimum atomic E-state index is -0.246. The molecule has 0 radical (unpaired) electrons. The van der Waals surface area contributed by atoms with Gasteiger partial charge in [0.25, 0.3) is 0 Å². The lowest BCUT2D eigenvalue weighted by Crippen LogP contribution is -2.49. The van der Waals surface area contributed by atoms with Crippen molar-refractivity contribution in [3.8, 4) is 0 Å². The molecule has 0 spiro atoms. The fourth-order valence-electron chi connectivity index (χ4n) is 2.93. The van der Waals surface area contributed by atoms with Crippen LogP contribution in [0.5, 0.6) is 0 Å². The molecule has 4 nitrogen and oxygen atoms in total. The first-order chi connectivity index (χ1) is 8.35. The predicted octanol–water partition coefficient (Wildman–Crippen LogP) is 1.54. The van der Waals surface area contributed by atoms with Crippen LogP contribution in [0.3, 0.4) is 0 Å². The van der Waals surface area contributed by atoms with Gasteiger partial charge in [0, 0.05) is 25.2 Å². The first-order valence-electron chi connectivity index (χ1n) is 7.01. The van der Waals surface area contributed by atoms with Gasteiger partial charge in [0.1, 0.15) is 6.61 Å². The zero-order chi connectivity index (χ0) is 13.3. The number of piperidine rings is 1. The van der Waals surface area contributed by atoms with Gasteiger partial charge >= 0.3 is 0 Å². The zero-order valence-corrected chi connectivity index (χ0v) is 12.0. The number of hydrogen-bond donors (Lipinski definition) is 1. The molecule has 1 N–H and O–H groups in total. The van der Waals surface area contributed by atoms with Gasteiger partial charge in [-0.2, -0.15) is 0 Å². The lowest BCUT2D eigenvalue weighted by atomic mass is 9.98. The van der Waals surface area contributed by atoms with Gasteiger partial charge in [0.15, 0.2) is 0 Å². The largest absolute Gasteiger partial charge is 0.366 e. The van der Waals surface area contributed by atoms with E-state index in [1.165, 1.54) is 12.8 Å². The Morgan fingerprint density at radius 3 is 2.33 bits per heavy atom. The summed E-state index contributed by atoms with van der Waals surface area (Å²) in [6, 6.07) is 1.62. The van der Waals surface area contributed by atoms with Gasteiger partial charge in [-0.15, -0.1) is 0 Å². The highest BCUT2D eigenvalue weighted by atomic mass is 16.5. The van der Waals surface area contributed by atoms with E-state index in [9.17, 15) is 4.79 Å². The van der Waals surface area contributed by atoms with Crippen molar-refractivity contribution in [2.24, 2.45) is 0 Å². The van der Waals surface area contributed by atoms with Crippen LogP contribution in [-0.4, -0.2) is 48.2 Å². The summed E-state index contributed by atoms with van der Waals surface area (Å²) in [6.45, 7) is 6.13.